The summed E-state index contributed by atoms with van der Waals surface area (Å²) in [7, 11) is 1.36. The molecule has 0 spiro atoms. The minimum Gasteiger partial charge on any atom is -0.496 e. The van der Waals surface area contributed by atoms with Crippen molar-refractivity contribution in [1.82, 2.24) is 4.90 Å². The number of methoxy groups -OCH3 is 1. The zero-order valence-corrected chi connectivity index (χ0v) is 17.8. The molecule has 4 nitrogen and oxygen atoms in total. The maximum Gasteiger partial charge on any atom is 0.418 e. The Bertz CT molecular complexity index is 760. The molecular formula is C22H30F4N2O2. The monoisotopic (exact) mass is 430 g/mol. The molecule has 8 heteroatoms. The number of benzene rings is 1. The summed E-state index contributed by atoms with van der Waals surface area (Å²) >= 11 is 0. The number of nitrogens with zero attached hydrogens (tertiary/aromatic N) is 2. The summed E-state index contributed by atoms with van der Waals surface area (Å²) in [6.07, 6.45) is 0.811. The number of halogens is 4. The molecule has 0 amide bonds. The smallest absolute Gasteiger partial charge is 0.418 e. The first-order chi connectivity index (χ1) is 13.9. The van der Waals surface area contributed by atoms with Crippen LogP contribution in [0.5, 0.6) is 5.75 Å². The van der Waals surface area contributed by atoms with E-state index in [0.29, 0.717) is 0 Å². The van der Waals surface area contributed by atoms with Crippen molar-refractivity contribution in [2.75, 3.05) is 26.7 Å². The molecule has 1 atom stereocenters. The number of aliphatic hydroxyl groups is 1. The zero-order chi connectivity index (χ0) is 23.0. The first kappa shape index (κ1) is 25.7. The number of alkyl halides is 3. The van der Waals surface area contributed by atoms with Crippen LogP contribution >= 0.6 is 0 Å². The third-order valence-corrected chi connectivity index (χ3v) is 4.74. The molecule has 1 N–H and O–H groups in total. The molecule has 1 aromatic rings. The van der Waals surface area contributed by atoms with Gasteiger partial charge < -0.3 is 14.7 Å². The summed E-state index contributed by atoms with van der Waals surface area (Å²) in [5.74, 6) is -0.336. The molecule has 0 aromatic heterocycles. The highest BCUT2D eigenvalue weighted by atomic mass is 19.4. The fraction of sp³-hybridized carbons (Fsp3) is 0.500. The predicted octanol–water partition coefficient (Wildman–Crippen LogP) is 4.89. The van der Waals surface area contributed by atoms with Crippen LogP contribution < -0.4 is 4.74 Å². The van der Waals surface area contributed by atoms with Crippen molar-refractivity contribution in [3.63, 3.8) is 0 Å². The van der Waals surface area contributed by atoms with Gasteiger partial charge in [0.15, 0.2) is 5.60 Å². The second-order valence-corrected chi connectivity index (χ2v) is 7.72. The number of allylic oxidation sites excluding steroid dienone is 1. The van der Waals surface area contributed by atoms with E-state index in [1.165, 1.54) is 44.2 Å². The Hall–Kier alpha value is -2.35. The van der Waals surface area contributed by atoms with Crippen LogP contribution in [0, 0.1) is 5.82 Å². The average Bonchev–Trinajstić information content (AvgIpc) is 2.64. The normalized spacial score (nSPS) is 14.8. The molecule has 30 heavy (non-hydrogen) atoms. The molecule has 1 unspecified atom stereocenters. The third kappa shape index (κ3) is 6.86. The first-order valence-corrected chi connectivity index (χ1v) is 9.47. The molecule has 1 aromatic carbocycles. The van der Waals surface area contributed by atoms with E-state index >= 15 is 0 Å². The minimum atomic E-state index is -4.91. The van der Waals surface area contributed by atoms with E-state index < -0.39 is 36.0 Å². The predicted molar refractivity (Wildman–Crippen MR) is 112 cm³/mol. The molecule has 168 valence electrons. The second kappa shape index (κ2) is 10.6. The lowest BCUT2D eigenvalue weighted by Crippen LogP contribution is -2.55. The molecule has 0 fully saturated rings. The molecule has 0 radical (unpaired) electrons. The van der Waals surface area contributed by atoms with Gasteiger partial charge in [0.05, 0.1) is 20.2 Å². The Morgan fingerprint density at radius 3 is 2.43 bits per heavy atom. The molecule has 0 saturated heterocycles. The minimum absolute atomic E-state index is 0.173. The number of hydrogen-bond acceptors (Lipinski definition) is 4. The van der Waals surface area contributed by atoms with Gasteiger partial charge in [0.25, 0.3) is 0 Å². The lowest BCUT2D eigenvalue weighted by molar-refractivity contribution is -0.269. The van der Waals surface area contributed by atoms with Crippen LogP contribution in [-0.4, -0.2) is 55.2 Å². The van der Waals surface area contributed by atoms with E-state index in [1.54, 1.807) is 25.2 Å². The van der Waals surface area contributed by atoms with Gasteiger partial charge in [0.1, 0.15) is 11.6 Å². The lowest BCUT2D eigenvalue weighted by atomic mass is 9.74. The van der Waals surface area contributed by atoms with Gasteiger partial charge in [-0.15, -0.1) is 0 Å². The van der Waals surface area contributed by atoms with Gasteiger partial charge >= 0.3 is 6.18 Å². The van der Waals surface area contributed by atoms with Crippen LogP contribution in [0.4, 0.5) is 17.6 Å². The molecule has 0 aliphatic heterocycles. The largest absolute Gasteiger partial charge is 0.496 e. The molecule has 0 heterocycles. The van der Waals surface area contributed by atoms with Crippen LogP contribution in [0.25, 0.3) is 0 Å². The fourth-order valence-corrected chi connectivity index (χ4v) is 3.31. The fourth-order valence-electron chi connectivity index (χ4n) is 3.31. The summed E-state index contributed by atoms with van der Waals surface area (Å²) in [6, 6.07) is 3.68. The van der Waals surface area contributed by atoms with Crippen LogP contribution in [0.1, 0.15) is 32.8 Å². The van der Waals surface area contributed by atoms with Crippen LogP contribution in [0.2, 0.25) is 0 Å². The van der Waals surface area contributed by atoms with Crippen molar-refractivity contribution in [3.8, 4) is 5.75 Å². The van der Waals surface area contributed by atoms with Gasteiger partial charge in [-0.2, -0.15) is 13.2 Å². The van der Waals surface area contributed by atoms with Crippen LogP contribution in [-0.2, 0) is 5.41 Å². The van der Waals surface area contributed by atoms with Gasteiger partial charge in [-0.25, -0.2) is 4.39 Å². The summed E-state index contributed by atoms with van der Waals surface area (Å²) in [5.41, 5.74) is -4.04. The number of ether oxygens (including phenoxy) is 1. The Labute approximate surface area is 175 Å². The maximum absolute atomic E-state index is 14.0. The molecule has 0 bridgehead atoms. The van der Waals surface area contributed by atoms with E-state index in [9.17, 15) is 22.7 Å². The van der Waals surface area contributed by atoms with E-state index in [-0.39, 0.29) is 24.4 Å². The average molecular weight is 430 g/mol. The molecule has 0 aliphatic carbocycles. The zero-order valence-electron chi connectivity index (χ0n) is 17.8. The SMILES string of the molecule is C=NC/C=C\N(C/C=C\C)CC(O)(CC(C)(C)c1cc(F)ccc1OC)C(F)(F)F. The number of hydrogen-bond donors (Lipinski definition) is 1. The Morgan fingerprint density at radius 1 is 1.23 bits per heavy atom. The Balaban J connectivity index is 3.32. The van der Waals surface area contributed by atoms with Crippen molar-refractivity contribution in [1.29, 1.82) is 0 Å². The second-order valence-electron chi connectivity index (χ2n) is 7.72. The summed E-state index contributed by atoms with van der Waals surface area (Å²) < 4.78 is 61.1. The molecule has 1 rings (SSSR count). The van der Waals surface area contributed by atoms with Crippen molar-refractivity contribution >= 4 is 6.72 Å². The first-order valence-electron chi connectivity index (χ1n) is 9.47. The number of rotatable bonds is 11. The molecule has 0 aliphatic rings. The van der Waals surface area contributed by atoms with Gasteiger partial charge in [-0.3, -0.25) is 4.99 Å². The summed E-state index contributed by atoms with van der Waals surface area (Å²) in [4.78, 5) is 5.00. The van der Waals surface area contributed by atoms with Gasteiger partial charge in [0.2, 0.25) is 0 Å². The summed E-state index contributed by atoms with van der Waals surface area (Å²) in [5, 5.41) is 10.8. The number of aliphatic imine (C=N–C) groups is 1. The van der Waals surface area contributed by atoms with Crippen LogP contribution in [0.15, 0.2) is 47.6 Å². The summed E-state index contributed by atoms with van der Waals surface area (Å²) in [6.45, 7) is 7.84. The van der Waals surface area contributed by atoms with Crippen molar-refractivity contribution < 1.29 is 27.4 Å². The maximum atomic E-state index is 14.0. The quantitative estimate of drug-likeness (QED) is 0.309. The van der Waals surface area contributed by atoms with Gasteiger partial charge in [-0.1, -0.05) is 26.0 Å². The highest BCUT2D eigenvalue weighted by Gasteiger charge is 2.56. The van der Waals surface area contributed by atoms with Crippen molar-refractivity contribution in [3.05, 3.63) is 54.0 Å². The Kier molecular flexibility index (Phi) is 9.09. The standard InChI is InChI=1S/C22H30F4N2O2/c1-6-7-12-28(13-8-11-27-4)16-21(29,22(24,25)26)15-20(2,3)18-14-17(23)9-10-19(18)30-5/h6-10,13-14,29H,4,11-12,15-16H2,1-3,5H3/b7-6-,13-8-. The van der Waals surface area contributed by atoms with E-state index in [0.717, 1.165) is 6.07 Å². The van der Waals surface area contributed by atoms with E-state index in [1.807, 2.05) is 0 Å². The van der Waals surface area contributed by atoms with E-state index in [4.69, 9.17) is 4.74 Å². The van der Waals surface area contributed by atoms with Crippen molar-refractivity contribution in [2.45, 2.75) is 44.4 Å². The van der Waals surface area contributed by atoms with Crippen molar-refractivity contribution in [2.24, 2.45) is 4.99 Å². The molecular weight excluding hydrogens is 400 g/mol. The van der Waals surface area contributed by atoms with Gasteiger partial charge in [-0.05, 0) is 56.0 Å². The topological polar surface area (TPSA) is 45.1 Å². The highest BCUT2D eigenvalue weighted by molar-refractivity contribution is 5.39. The lowest BCUT2D eigenvalue weighted by Gasteiger charge is -2.40. The molecule has 0 saturated carbocycles. The Morgan fingerprint density at radius 2 is 1.90 bits per heavy atom. The highest BCUT2D eigenvalue weighted by Crippen LogP contribution is 2.44. The van der Waals surface area contributed by atoms with Gasteiger partial charge in [0, 0.05) is 12.1 Å². The third-order valence-electron chi connectivity index (χ3n) is 4.74. The van der Waals surface area contributed by atoms with Crippen LogP contribution in [0.3, 0.4) is 0 Å². The van der Waals surface area contributed by atoms with E-state index in [2.05, 4.69) is 11.7 Å².